The van der Waals surface area contributed by atoms with Crippen molar-refractivity contribution >= 4 is 11.6 Å². The zero-order valence-corrected chi connectivity index (χ0v) is 12.2. The summed E-state index contributed by atoms with van der Waals surface area (Å²) in [5, 5.41) is 4.30. The van der Waals surface area contributed by atoms with E-state index in [1.165, 1.54) is 5.56 Å². The smallest absolute Gasteiger partial charge is 0.123 e. The fraction of sp³-hybridized carbons (Fsp3) is 0.294. The number of hydrogen-bond donors (Lipinski definition) is 1. The van der Waals surface area contributed by atoms with E-state index >= 15 is 0 Å². The lowest BCUT2D eigenvalue weighted by Gasteiger charge is -2.25. The Morgan fingerprint density at radius 2 is 1.95 bits per heavy atom. The molecule has 2 aromatic carbocycles. The highest BCUT2D eigenvalue weighted by Crippen LogP contribution is 2.35. The second-order valence-electron chi connectivity index (χ2n) is 5.03. The van der Waals surface area contributed by atoms with Gasteiger partial charge in [0.25, 0.3) is 0 Å². The Kier molecular flexibility index (Phi) is 3.95. The molecule has 0 saturated carbocycles. The van der Waals surface area contributed by atoms with Crippen molar-refractivity contribution in [3.63, 3.8) is 0 Å². The Balaban J connectivity index is 1.88. The number of rotatable bonds is 4. The van der Waals surface area contributed by atoms with Crippen LogP contribution in [0.3, 0.4) is 0 Å². The molecule has 0 aliphatic carbocycles. The molecule has 2 nitrogen and oxygen atoms in total. The van der Waals surface area contributed by atoms with Crippen molar-refractivity contribution < 1.29 is 4.74 Å². The highest BCUT2D eigenvalue weighted by Gasteiger charge is 2.31. The van der Waals surface area contributed by atoms with Gasteiger partial charge in [-0.3, -0.25) is 0 Å². The first-order chi connectivity index (χ1) is 9.79. The van der Waals surface area contributed by atoms with Crippen LogP contribution >= 0.6 is 11.6 Å². The van der Waals surface area contributed by atoms with Crippen LogP contribution in [0.4, 0.5) is 0 Å². The quantitative estimate of drug-likeness (QED) is 0.918. The molecule has 2 atom stereocenters. The molecule has 2 unspecified atom stereocenters. The van der Waals surface area contributed by atoms with Crippen LogP contribution in [-0.4, -0.2) is 12.6 Å². The molecule has 104 valence electrons. The summed E-state index contributed by atoms with van der Waals surface area (Å²) in [6.07, 6.45) is 1.01. The third kappa shape index (κ3) is 2.54. The topological polar surface area (TPSA) is 21.3 Å². The van der Waals surface area contributed by atoms with Crippen LogP contribution < -0.4 is 10.1 Å². The van der Waals surface area contributed by atoms with Gasteiger partial charge >= 0.3 is 0 Å². The second kappa shape index (κ2) is 5.86. The van der Waals surface area contributed by atoms with Crippen LogP contribution in [-0.2, 0) is 6.42 Å². The van der Waals surface area contributed by atoms with E-state index < -0.39 is 0 Å². The average Bonchev–Trinajstić information content (AvgIpc) is 2.89. The minimum Gasteiger partial charge on any atom is -0.488 e. The Labute approximate surface area is 124 Å². The highest BCUT2D eigenvalue weighted by atomic mass is 35.5. The lowest BCUT2D eigenvalue weighted by molar-refractivity contribution is 0.180. The van der Waals surface area contributed by atoms with Gasteiger partial charge in [-0.15, -0.1) is 0 Å². The molecule has 1 aliphatic rings. The van der Waals surface area contributed by atoms with Gasteiger partial charge in [0.15, 0.2) is 0 Å². The van der Waals surface area contributed by atoms with E-state index in [0.29, 0.717) is 0 Å². The monoisotopic (exact) mass is 287 g/mol. The predicted molar refractivity (Wildman–Crippen MR) is 82.4 cm³/mol. The molecule has 0 saturated heterocycles. The molecule has 1 heterocycles. The summed E-state index contributed by atoms with van der Waals surface area (Å²) in [6.45, 7) is 2.98. The molecule has 0 amide bonds. The summed E-state index contributed by atoms with van der Waals surface area (Å²) in [7, 11) is 0. The average molecular weight is 288 g/mol. The second-order valence-corrected chi connectivity index (χ2v) is 5.43. The van der Waals surface area contributed by atoms with Crippen molar-refractivity contribution in [3.8, 4) is 5.75 Å². The van der Waals surface area contributed by atoms with Crippen LogP contribution in [0.15, 0.2) is 48.5 Å². The molecule has 2 aromatic rings. The van der Waals surface area contributed by atoms with Crippen molar-refractivity contribution in [3.05, 3.63) is 64.7 Å². The summed E-state index contributed by atoms with van der Waals surface area (Å²) >= 11 is 6.35. The maximum Gasteiger partial charge on any atom is 0.123 e. The van der Waals surface area contributed by atoms with Gasteiger partial charge in [-0.05, 0) is 29.8 Å². The SMILES string of the molecule is CCNC(c1ccccc1Cl)C1Cc2ccccc2O1. The van der Waals surface area contributed by atoms with Gasteiger partial charge < -0.3 is 10.1 Å². The number of nitrogens with one attached hydrogen (secondary N) is 1. The third-order valence-electron chi connectivity index (χ3n) is 3.71. The zero-order valence-electron chi connectivity index (χ0n) is 11.5. The Hall–Kier alpha value is -1.51. The summed E-state index contributed by atoms with van der Waals surface area (Å²) in [5.74, 6) is 0.993. The maximum atomic E-state index is 6.35. The molecule has 1 N–H and O–H groups in total. The number of para-hydroxylation sites is 1. The van der Waals surface area contributed by atoms with E-state index in [1.807, 2.05) is 30.3 Å². The van der Waals surface area contributed by atoms with Gasteiger partial charge in [-0.2, -0.15) is 0 Å². The van der Waals surface area contributed by atoms with Crippen molar-refractivity contribution in [1.29, 1.82) is 0 Å². The van der Waals surface area contributed by atoms with Crippen molar-refractivity contribution in [2.75, 3.05) is 6.54 Å². The standard InChI is InChI=1S/C17H18ClNO/c1-2-19-17(13-8-4-5-9-14(13)18)16-11-12-7-3-6-10-15(12)20-16/h3-10,16-17,19H,2,11H2,1H3. The minimum atomic E-state index is 0.0900. The Morgan fingerprint density at radius 3 is 2.70 bits per heavy atom. The molecule has 0 bridgehead atoms. The lowest BCUT2D eigenvalue weighted by atomic mass is 9.97. The number of fused-ring (bicyclic) bond motifs is 1. The summed E-state index contributed by atoms with van der Waals surface area (Å²) in [6, 6.07) is 16.3. The molecule has 0 fully saturated rings. The molecular formula is C17H18ClNO. The van der Waals surface area contributed by atoms with Crippen molar-refractivity contribution in [2.24, 2.45) is 0 Å². The van der Waals surface area contributed by atoms with E-state index in [0.717, 1.165) is 29.3 Å². The summed E-state index contributed by atoms with van der Waals surface area (Å²) < 4.78 is 6.11. The van der Waals surface area contributed by atoms with Crippen LogP contribution in [0.2, 0.25) is 5.02 Å². The fourth-order valence-corrected chi connectivity index (χ4v) is 3.04. The van der Waals surface area contributed by atoms with Crippen LogP contribution in [0, 0.1) is 0 Å². The van der Waals surface area contributed by atoms with E-state index in [1.54, 1.807) is 0 Å². The highest BCUT2D eigenvalue weighted by molar-refractivity contribution is 6.31. The van der Waals surface area contributed by atoms with Crippen LogP contribution in [0.1, 0.15) is 24.1 Å². The van der Waals surface area contributed by atoms with Gasteiger partial charge in [0.1, 0.15) is 11.9 Å². The molecule has 20 heavy (non-hydrogen) atoms. The molecule has 1 aliphatic heterocycles. The normalized spacial score (nSPS) is 18.4. The van der Waals surface area contributed by atoms with Gasteiger partial charge in [0.2, 0.25) is 0 Å². The Morgan fingerprint density at radius 1 is 1.20 bits per heavy atom. The van der Waals surface area contributed by atoms with Crippen LogP contribution in [0.5, 0.6) is 5.75 Å². The summed E-state index contributed by atoms with van der Waals surface area (Å²) in [4.78, 5) is 0. The van der Waals surface area contributed by atoms with E-state index in [-0.39, 0.29) is 12.1 Å². The zero-order chi connectivity index (χ0) is 13.9. The van der Waals surface area contributed by atoms with E-state index in [2.05, 4.69) is 30.4 Å². The number of halogens is 1. The van der Waals surface area contributed by atoms with E-state index in [9.17, 15) is 0 Å². The number of ether oxygens (including phenoxy) is 1. The molecule has 0 radical (unpaired) electrons. The van der Waals surface area contributed by atoms with Crippen molar-refractivity contribution in [2.45, 2.75) is 25.5 Å². The molecule has 3 rings (SSSR count). The summed E-state index contributed by atoms with van der Waals surface area (Å²) in [5.41, 5.74) is 2.38. The maximum absolute atomic E-state index is 6.35. The van der Waals surface area contributed by atoms with Gasteiger partial charge in [-0.1, -0.05) is 54.9 Å². The first kappa shape index (κ1) is 13.5. The number of likely N-dealkylation sites (N-methyl/N-ethyl adjacent to an activating group) is 1. The number of benzene rings is 2. The van der Waals surface area contributed by atoms with Crippen molar-refractivity contribution in [1.82, 2.24) is 5.32 Å². The molecule has 0 aromatic heterocycles. The fourth-order valence-electron chi connectivity index (χ4n) is 2.78. The van der Waals surface area contributed by atoms with Gasteiger partial charge in [0.05, 0.1) is 6.04 Å². The van der Waals surface area contributed by atoms with Gasteiger partial charge in [0, 0.05) is 11.4 Å². The molecular weight excluding hydrogens is 270 g/mol. The third-order valence-corrected chi connectivity index (χ3v) is 4.05. The van der Waals surface area contributed by atoms with Gasteiger partial charge in [-0.25, -0.2) is 0 Å². The predicted octanol–water partition coefficient (Wildman–Crippen LogP) is 3.99. The van der Waals surface area contributed by atoms with E-state index in [4.69, 9.17) is 16.3 Å². The number of hydrogen-bond acceptors (Lipinski definition) is 2. The molecule has 0 spiro atoms. The lowest BCUT2D eigenvalue weighted by Crippen LogP contribution is -2.35. The minimum absolute atomic E-state index is 0.0900. The molecule has 3 heteroatoms. The van der Waals surface area contributed by atoms with Crippen LogP contribution in [0.25, 0.3) is 0 Å². The first-order valence-corrected chi connectivity index (χ1v) is 7.39. The largest absolute Gasteiger partial charge is 0.488 e. The Bertz CT molecular complexity index is 574. The first-order valence-electron chi connectivity index (χ1n) is 7.02.